The van der Waals surface area contributed by atoms with E-state index in [1.54, 1.807) is 0 Å². The minimum absolute atomic E-state index is 0.0644. The van der Waals surface area contributed by atoms with Gasteiger partial charge >= 0.3 is 194 Å². The summed E-state index contributed by atoms with van der Waals surface area (Å²) in [5.41, 5.74) is 4.62. The number of fused-ring (bicyclic) bond motifs is 3. The summed E-state index contributed by atoms with van der Waals surface area (Å²) in [5, 5.41) is 0.957. The van der Waals surface area contributed by atoms with E-state index in [9.17, 15) is 4.79 Å². The standard InChI is InChI=1S/C25H27N5OSe/c1-4-5-11-29-14-18(15-32-19-9-7-6-8-10-19)30-24(31)22-23(28-25(29)30)27-21-13-17(3)16(2)12-20(21)26-22/h6-10,12-13,18H,4-5,11,14-15H2,1-3H3. The van der Waals surface area contributed by atoms with E-state index in [0.717, 1.165) is 59.4 Å². The summed E-state index contributed by atoms with van der Waals surface area (Å²) < 4.78 is 3.25. The second-order valence-electron chi connectivity index (χ2n) is 8.49. The minimum atomic E-state index is -0.0644. The van der Waals surface area contributed by atoms with Crippen LogP contribution in [0.5, 0.6) is 0 Å². The van der Waals surface area contributed by atoms with Crippen LogP contribution < -0.4 is 14.9 Å². The van der Waals surface area contributed by atoms with Crippen molar-refractivity contribution in [2.75, 3.05) is 18.0 Å². The fourth-order valence-electron chi connectivity index (χ4n) is 4.22. The van der Waals surface area contributed by atoms with Gasteiger partial charge in [0.15, 0.2) is 0 Å². The van der Waals surface area contributed by atoms with Crippen LogP contribution in [-0.2, 0) is 0 Å². The zero-order chi connectivity index (χ0) is 22.2. The topological polar surface area (TPSA) is 63.9 Å². The fourth-order valence-corrected chi connectivity index (χ4v) is 6.30. The van der Waals surface area contributed by atoms with Crippen molar-refractivity contribution in [3.8, 4) is 0 Å². The molecule has 6 nitrogen and oxygen atoms in total. The first-order valence-corrected chi connectivity index (χ1v) is 13.3. The van der Waals surface area contributed by atoms with E-state index in [1.165, 1.54) is 4.46 Å². The second-order valence-corrected chi connectivity index (χ2v) is 10.8. The number of anilines is 1. The van der Waals surface area contributed by atoms with E-state index < -0.39 is 0 Å². The van der Waals surface area contributed by atoms with Gasteiger partial charge in [0, 0.05) is 0 Å². The summed E-state index contributed by atoms with van der Waals surface area (Å²) in [6, 6.07) is 14.7. The van der Waals surface area contributed by atoms with Crippen LogP contribution in [0.2, 0.25) is 5.32 Å². The molecule has 7 heteroatoms. The van der Waals surface area contributed by atoms with Gasteiger partial charge < -0.3 is 0 Å². The third kappa shape index (κ3) is 3.80. The van der Waals surface area contributed by atoms with E-state index >= 15 is 0 Å². The summed E-state index contributed by atoms with van der Waals surface area (Å²) in [4.78, 5) is 30.3. The SMILES string of the molecule is CCCCN1CC(C[Se]c2ccccc2)n2c1nc1nc3cc(C)c(C)cc3nc1c2=O. The molecule has 0 amide bonds. The van der Waals surface area contributed by atoms with Crippen LogP contribution in [-0.4, -0.2) is 47.6 Å². The molecule has 164 valence electrons. The van der Waals surface area contributed by atoms with Crippen molar-refractivity contribution in [3.05, 3.63) is 63.9 Å². The van der Waals surface area contributed by atoms with Gasteiger partial charge in [-0.25, -0.2) is 0 Å². The Kier molecular flexibility index (Phi) is 5.70. The molecule has 0 fully saturated rings. The third-order valence-corrected chi connectivity index (χ3v) is 8.58. The zero-order valence-electron chi connectivity index (χ0n) is 18.7. The first kappa shape index (κ1) is 21.1. The van der Waals surface area contributed by atoms with Crippen LogP contribution in [0.15, 0.2) is 47.3 Å². The van der Waals surface area contributed by atoms with E-state index in [4.69, 9.17) is 15.0 Å². The van der Waals surface area contributed by atoms with Crippen molar-refractivity contribution in [2.24, 2.45) is 0 Å². The molecule has 4 aromatic rings. The number of unbranched alkanes of at least 4 members (excludes halogenated alkanes) is 1. The molecule has 32 heavy (non-hydrogen) atoms. The van der Waals surface area contributed by atoms with Gasteiger partial charge in [-0.2, -0.15) is 0 Å². The van der Waals surface area contributed by atoms with Gasteiger partial charge in [-0.1, -0.05) is 0 Å². The molecule has 2 aromatic heterocycles. The predicted octanol–water partition coefficient (Wildman–Crippen LogP) is 3.57. The van der Waals surface area contributed by atoms with Crippen molar-refractivity contribution in [3.63, 3.8) is 0 Å². The zero-order valence-corrected chi connectivity index (χ0v) is 20.4. The van der Waals surface area contributed by atoms with Crippen molar-refractivity contribution in [1.82, 2.24) is 19.5 Å². The molecule has 0 spiro atoms. The molecule has 0 saturated heterocycles. The quantitative estimate of drug-likeness (QED) is 0.304. The summed E-state index contributed by atoms with van der Waals surface area (Å²) >= 11 is 0.294. The molecule has 5 rings (SSSR count). The van der Waals surface area contributed by atoms with Gasteiger partial charge in [0.1, 0.15) is 0 Å². The number of rotatable bonds is 6. The summed E-state index contributed by atoms with van der Waals surface area (Å²) in [5.74, 6) is 0.752. The Labute approximate surface area is 193 Å². The summed E-state index contributed by atoms with van der Waals surface area (Å²) in [7, 11) is 0. The van der Waals surface area contributed by atoms with Crippen molar-refractivity contribution < 1.29 is 0 Å². The molecule has 2 aromatic carbocycles. The van der Waals surface area contributed by atoms with E-state index in [-0.39, 0.29) is 11.6 Å². The first-order valence-electron chi connectivity index (χ1n) is 11.2. The van der Waals surface area contributed by atoms with Crippen LogP contribution >= 0.6 is 0 Å². The van der Waals surface area contributed by atoms with Gasteiger partial charge in [-0.3, -0.25) is 0 Å². The van der Waals surface area contributed by atoms with Gasteiger partial charge in [0.05, 0.1) is 0 Å². The average Bonchev–Trinajstić information content (AvgIpc) is 3.14. The average molecular weight is 492 g/mol. The molecule has 3 heterocycles. The molecule has 1 aliphatic rings. The van der Waals surface area contributed by atoms with Crippen molar-refractivity contribution in [1.29, 1.82) is 0 Å². The molecule has 1 atom stereocenters. The van der Waals surface area contributed by atoms with Crippen LogP contribution in [0.1, 0.15) is 36.9 Å². The number of hydrogen-bond acceptors (Lipinski definition) is 5. The van der Waals surface area contributed by atoms with Gasteiger partial charge in [-0.05, 0) is 0 Å². The second kappa shape index (κ2) is 8.64. The molecule has 0 N–H and O–H groups in total. The Morgan fingerprint density at radius 2 is 1.75 bits per heavy atom. The monoisotopic (exact) mass is 493 g/mol. The van der Waals surface area contributed by atoms with Gasteiger partial charge in [0.2, 0.25) is 0 Å². The predicted molar refractivity (Wildman–Crippen MR) is 131 cm³/mol. The molecule has 0 aliphatic carbocycles. The number of benzene rings is 2. The Balaban J connectivity index is 1.61. The number of hydrogen-bond donors (Lipinski definition) is 0. The number of aryl methyl sites for hydroxylation is 2. The maximum atomic E-state index is 13.7. The van der Waals surface area contributed by atoms with E-state index in [0.29, 0.717) is 26.1 Å². The normalized spacial score (nSPS) is 15.6. The number of nitrogens with zero attached hydrogens (tertiary/aromatic N) is 5. The molecular formula is C25H27N5OSe. The summed E-state index contributed by atoms with van der Waals surface area (Å²) in [6.45, 7) is 8.04. The van der Waals surface area contributed by atoms with Crippen molar-refractivity contribution >= 4 is 47.6 Å². The van der Waals surface area contributed by atoms with Crippen LogP contribution in [0.25, 0.3) is 22.2 Å². The van der Waals surface area contributed by atoms with Crippen LogP contribution in [0.3, 0.4) is 0 Å². The molecule has 0 radical (unpaired) electrons. The van der Waals surface area contributed by atoms with E-state index in [1.807, 2.05) is 22.8 Å². The Morgan fingerprint density at radius 3 is 2.47 bits per heavy atom. The summed E-state index contributed by atoms with van der Waals surface area (Å²) in [6.07, 6.45) is 2.18. The van der Waals surface area contributed by atoms with E-state index in [2.05, 4.69) is 49.9 Å². The Hall–Kier alpha value is -2.76. The van der Waals surface area contributed by atoms with Gasteiger partial charge in [-0.15, -0.1) is 0 Å². The van der Waals surface area contributed by atoms with Crippen molar-refractivity contribution in [2.45, 2.75) is 45.0 Å². The molecule has 0 bridgehead atoms. The molecule has 0 saturated carbocycles. The molecule has 1 aliphatic heterocycles. The Morgan fingerprint density at radius 1 is 1.03 bits per heavy atom. The first-order chi connectivity index (χ1) is 15.5. The number of aromatic nitrogens is 4. The fraction of sp³-hybridized carbons (Fsp3) is 0.360. The third-order valence-electron chi connectivity index (χ3n) is 6.15. The Bertz CT molecular complexity index is 1350. The van der Waals surface area contributed by atoms with Gasteiger partial charge in [0.25, 0.3) is 0 Å². The molecule has 1 unspecified atom stereocenters. The molecular weight excluding hydrogens is 465 g/mol. The van der Waals surface area contributed by atoms with Crippen LogP contribution in [0.4, 0.5) is 5.95 Å². The van der Waals surface area contributed by atoms with Crippen LogP contribution in [0, 0.1) is 13.8 Å². The maximum absolute atomic E-state index is 13.7.